The van der Waals surface area contributed by atoms with Gasteiger partial charge in [-0.1, -0.05) is 18.2 Å². The molecular formula is C19H24N2O2. The van der Waals surface area contributed by atoms with Gasteiger partial charge in [0.1, 0.15) is 5.75 Å². The van der Waals surface area contributed by atoms with Crippen LogP contribution < -0.4 is 10.1 Å². The molecular weight excluding hydrogens is 288 g/mol. The highest BCUT2D eigenvalue weighted by atomic mass is 16.5. The first-order chi connectivity index (χ1) is 11.0. The number of methoxy groups -OCH3 is 1. The van der Waals surface area contributed by atoms with Crippen LogP contribution in [0.2, 0.25) is 0 Å². The van der Waals surface area contributed by atoms with Crippen molar-refractivity contribution in [3.63, 3.8) is 0 Å². The molecule has 4 heteroatoms. The second kappa shape index (κ2) is 7.79. The van der Waals surface area contributed by atoms with Gasteiger partial charge in [0.05, 0.1) is 7.11 Å². The molecule has 2 aromatic carbocycles. The van der Waals surface area contributed by atoms with Crippen LogP contribution in [-0.4, -0.2) is 31.0 Å². The van der Waals surface area contributed by atoms with Crippen molar-refractivity contribution in [3.05, 3.63) is 59.7 Å². The molecule has 0 bridgehead atoms. The summed E-state index contributed by atoms with van der Waals surface area (Å²) in [6.45, 7) is 5.12. The van der Waals surface area contributed by atoms with Gasteiger partial charge in [-0.05, 0) is 50.7 Å². The van der Waals surface area contributed by atoms with E-state index < -0.39 is 0 Å². The monoisotopic (exact) mass is 312 g/mol. The Labute approximate surface area is 138 Å². The predicted molar refractivity (Wildman–Crippen MR) is 94.0 cm³/mol. The van der Waals surface area contributed by atoms with E-state index in [1.54, 1.807) is 13.2 Å². The molecule has 0 aliphatic carbocycles. The van der Waals surface area contributed by atoms with Gasteiger partial charge < -0.3 is 10.1 Å². The third kappa shape index (κ3) is 4.83. The van der Waals surface area contributed by atoms with Gasteiger partial charge in [-0.2, -0.15) is 0 Å². The Morgan fingerprint density at radius 2 is 1.91 bits per heavy atom. The van der Waals surface area contributed by atoms with Gasteiger partial charge in [0.15, 0.2) is 0 Å². The average molecular weight is 312 g/mol. The molecule has 1 amide bonds. The van der Waals surface area contributed by atoms with Crippen LogP contribution in [0, 0.1) is 0 Å². The van der Waals surface area contributed by atoms with Crippen LogP contribution in [0.25, 0.3) is 0 Å². The highest BCUT2D eigenvalue weighted by molar-refractivity contribution is 6.04. The third-order valence-electron chi connectivity index (χ3n) is 3.83. The van der Waals surface area contributed by atoms with Crippen LogP contribution in [0.5, 0.6) is 5.75 Å². The summed E-state index contributed by atoms with van der Waals surface area (Å²) in [7, 11) is 3.68. The van der Waals surface area contributed by atoms with Crippen molar-refractivity contribution in [1.82, 2.24) is 4.90 Å². The van der Waals surface area contributed by atoms with Gasteiger partial charge >= 0.3 is 0 Å². The van der Waals surface area contributed by atoms with Crippen molar-refractivity contribution >= 4 is 11.6 Å². The van der Waals surface area contributed by atoms with Crippen molar-refractivity contribution in [2.45, 2.75) is 26.4 Å². The van der Waals surface area contributed by atoms with Crippen molar-refractivity contribution in [1.29, 1.82) is 0 Å². The number of benzene rings is 2. The van der Waals surface area contributed by atoms with E-state index in [2.05, 4.69) is 31.1 Å². The van der Waals surface area contributed by atoms with Crippen LogP contribution in [0.4, 0.5) is 5.69 Å². The lowest BCUT2D eigenvalue weighted by Crippen LogP contribution is -2.25. The minimum Gasteiger partial charge on any atom is -0.497 e. The summed E-state index contributed by atoms with van der Waals surface area (Å²) in [5.74, 6) is 0.599. The van der Waals surface area contributed by atoms with E-state index in [9.17, 15) is 4.79 Å². The molecule has 23 heavy (non-hydrogen) atoms. The largest absolute Gasteiger partial charge is 0.497 e. The normalized spacial score (nSPS) is 10.9. The van der Waals surface area contributed by atoms with E-state index >= 15 is 0 Å². The summed E-state index contributed by atoms with van der Waals surface area (Å²) < 4.78 is 5.17. The third-order valence-corrected chi connectivity index (χ3v) is 3.83. The molecule has 0 heterocycles. The molecule has 0 aliphatic heterocycles. The topological polar surface area (TPSA) is 41.6 Å². The molecule has 122 valence electrons. The lowest BCUT2D eigenvalue weighted by atomic mass is 10.1. The van der Waals surface area contributed by atoms with E-state index in [0.29, 0.717) is 11.6 Å². The average Bonchev–Trinajstić information content (AvgIpc) is 2.55. The molecule has 0 unspecified atom stereocenters. The van der Waals surface area contributed by atoms with E-state index in [1.165, 1.54) is 0 Å². The number of amides is 1. The fourth-order valence-corrected chi connectivity index (χ4v) is 2.19. The van der Waals surface area contributed by atoms with Crippen LogP contribution in [0.3, 0.4) is 0 Å². The van der Waals surface area contributed by atoms with Gasteiger partial charge in [-0.3, -0.25) is 9.69 Å². The molecule has 0 radical (unpaired) electrons. The van der Waals surface area contributed by atoms with Gasteiger partial charge in [0.25, 0.3) is 5.91 Å². The number of anilines is 1. The molecule has 0 atom stereocenters. The number of ether oxygens (including phenoxy) is 1. The Kier molecular flexibility index (Phi) is 5.77. The molecule has 0 saturated heterocycles. The lowest BCUT2D eigenvalue weighted by Gasteiger charge is -2.21. The number of hydrogen-bond acceptors (Lipinski definition) is 3. The molecule has 1 N–H and O–H groups in total. The van der Waals surface area contributed by atoms with Gasteiger partial charge in [-0.25, -0.2) is 0 Å². The summed E-state index contributed by atoms with van der Waals surface area (Å²) in [5, 5.41) is 2.90. The van der Waals surface area contributed by atoms with Crippen LogP contribution >= 0.6 is 0 Å². The van der Waals surface area contributed by atoms with Crippen LogP contribution in [0.1, 0.15) is 29.8 Å². The number of nitrogens with zero attached hydrogens (tertiary/aromatic N) is 1. The first kappa shape index (κ1) is 17.0. The van der Waals surface area contributed by atoms with E-state index in [0.717, 1.165) is 23.5 Å². The molecule has 2 aromatic rings. The molecule has 0 fully saturated rings. The first-order valence-corrected chi connectivity index (χ1v) is 7.74. The summed E-state index contributed by atoms with van der Waals surface area (Å²) in [6, 6.07) is 15.5. The Morgan fingerprint density at radius 1 is 1.17 bits per heavy atom. The van der Waals surface area contributed by atoms with E-state index in [4.69, 9.17) is 4.74 Å². The van der Waals surface area contributed by atoms with Crippen molar-refractivity contribution in [2.24, 2.45) is 0 Å². The zero-order valence-corrected chi connectivity index (χ0v) is 14.2. The fourth-order valence-electron chi connectivity index (χ4n) is 2.19. The zero-order valence-electron chi connectivity index (χ0n) is 14.2. The second-order valence-electron chi connectivity index (χ2n) is 5.90. The number of carbonyl (C=O) groups is 1. The Bertz CT molecular complexity index is 668. The summed E-state index contributed by atoms with van der Waals surface area (Å²) in [4.78, 5) is 14.7. The minimum atomic E-state index is -0.118. The Morgan fingerprint density at radius 3 is 2.61 bits per heavy atom. The maximum atomic E-state index is 12.4. The molecule has 0 spiro atoms. The van der Waals surface area contributed by atoms with Crippen molar-refractivity contribution < 1.29 is 9.53 Å². The van der Waals surface area contributed by atoms with Crippen molar-refractivity contribution in [2.75, 3.05) is 19.5 Å². The minimum absolute atomic E-state index is 0.118. The first-order valence-electron chi connectivity index (χ1n) is 7.74. The Balaban J connectivity index is 2.10. The quantitative estimate of drug-likeness (QED) is 0.882. The maximum absolute atomic E-state index is 12.4. The Hall–Kier alpha value is -2.33. The van der Waals surface area contributed by atoms with E-state index in [1.807, 2.05) is 42.5 Å². The van der Waals surface area contributed by atoms with Gasteiger partial charge in [-0.15, -0.1) is 0 Å². The number of nitrogens with one attached hydrogen (secondary N) is 1. The fraction of sp³-hybridized carbons (Fsp3) is 0.316. The standard InChI is InChI=1S/C19H24N2O2/c1-14(2)21(3)13-15-7-5-8-16(11-15)19(22)20-17-9-6-10-18(12-17)23-4/h5-12,14H,13H2,1-4H3,(H,20,22). The van der Waals surface area contributed by atoms with Gasteiger partial charge in [0.2, 0.25) is 0 Å². The zero-order chi connectivity index (χ0) is 16.8. The molecule has 4 nitrogen and oxygen atoms in total. The summed E-state index contributed by atoms with van der Waals surface area (Å²) in [5.41, 5.74) is 2.50. The molecule has 0 aliphatic rings. The summed E-state index contributed by atoms with van der Waals surface area (Å²) in [6.07, 6.45) is 0. The lowest BCUT2D eigenvalue weighted by molar-refractivity contribution is 0.102. The molecule has 0 saturated carbocycles. The second-order valence-corrected chi connectivity index (χ2v) is 5.90. The summed E-state index contributed by atoms with van der Waals surface area (Å²) >= 11 is 0. The molecule has 2 rings (SSSR count). The SMILES string of the molecule is COc1cccc(NC(=O)c2cccc(CN(C)C(C)C)c2)c1. The predicted octanol–water partition coefficient (Wildman–Crippen LogP) is 3.79. The van der Waals surface area contributed by atoms with E-state index in [-0.39, 0.29) is 5.91 Å². The maximum Gasteiger partial charge on any atom is 0.255 e. The van der Waals surface area contributed by atoms with Gasteiger partial charge in [0, 0.05) is 29.9 Å². The van der Waals surface area contributed by atoms with Crippen molar-refractivity contribution in [3.8, 4) is 5.75 Å². The van der Waals surface area contributed by atoms with Crippen LogP contribution in [-0.2, 0) is 6.54 Å². The highest BCUT2D eigenvalue weighted by Crippen LogP contribution is 2.18. The molecule has 0 aromatic heterocycles. The number of hydrogen-bond donors (Lipinski definition) is 1. The highest BCUT2D eigenvalue weighted by Gasteiger charge is 2.09. The number of rotatable bonds is 6. The van der Waals surface area contributed by atoms with Crippen LogP contribution in [0.15, 0.2) is 48.5 Å². The smallest absolute Gasteiger partial charge is 0.255 e. The number of carbonyl (C=O) groups excluding carboxylic acids is 1.